The minimum Gasteiger partial charge on any atom is -0.381 e. The van der Waals surface area contributed by atoms with Gasteiger partial charge in [0.25, 0.3) is 0 Å². The number of halogens is 4. The number of aryl methyl sites for hydroxylation is 1. The molecule has 0 unspecified atom stereocenters. The number of anilines is 1. The maximum absolute atomic E-state index is 12.2. The first-order valence-electron chi connectivity index (χ1n) is 6.18. The Morgan fingerprint density at radius 1 is 1.10 bits per heavy atom. The van der Waals surface area contributed by atoms with Gasteiger partial charge in [-0.3, -0.25) is 0 Å². The molecule has 1 nitrogen and oxygen atoms in total. The molecule has 0 fully saturated rings. The van der Waals surface area contributed by atoms with Crippen LogP contribution in [0.25, 0.3) is 0 Å². The number of rotatable bonds is 4. The van der Waals surface area contributed by atoms with Crippen molar-refractivity contribution in [3.05, 3.63) is 58.1 Å². The standard InChI is InChI=1S/C15H13BrF3NS/c1-10-2-3-11(8-14(10)16)9-20-12-4-6-13(7-5-12)21-15(17,18)19/h2-8,20H,9H2,1H3. The average molecular weight is 376 g/mol. The van der Waals surface area contributed by atoms with Gasteiger partial charge in [-0.05, 0) is 60.1 Å². The van der Waals surface area contributed by atoms with Crippen molar-refractivity contribution in [2.75, 3.05) is 5.32 Å². The number of benzene rings is 2. The molecule has 0 atom stereocenters. The zero-order valence-corrected chi connectivity index (χ0v) is 13.6. The van der Waals surface area contributed by atoms with Crippen LogP contribution in [0.2, 0.25) is 0 Å². The Kier molecular flexibility index (Phi) is 5.22. The van der Waals surface area contributed by atoms with Crippen LogP contribution in [-0.4, -0.2) is 5.51 Å². The van der Waals surface area contributed by atoms with E-state index in [1.54, 1.807) is 12.1 Å². The third-order valence-electron chi connectivity index (χ3n) is 2.82. The van der Waals surface area contributed by atoms with E-state index in [-0.39, 0.29) is 16.7 Å². The molecule has 0 aromatic heterocycles. The van der Waals surface area contributed by atoms with Crippen LogP contribution in [0, 0.1) is 6.92 Å². The van der Waals surface area contributed by atoms with Crippen LogP contribution in [0.4, 0.5) is 18.9 Å². The Morgan fingerprint density at radius 2 is 1.76 bits per heavy atom. The molecule has 2 rings (SSSR count). The second-order valence-electron chi connectivity index (χ2n) is 4.51. The molecule has 0 aliphatic rings. The van der Waals surface area contributed by atoms with Crippen molar-refractivity contribution < 1.29 is 13.2 Å². The lowest BCUT2D eigenvalue weighted by atomic mass is 10.1. The number of thioether (sulfide) groups is 1. The van der Waals surface area contributed by atoms with Gasteiger partial charge in [0.15, 0.2) is 0 Å². The predicted molar refractivity (Wildman–Crippen MR) is 84.6 cm³/mol. The summed E-state index contributed by atoms with van der Waals surface area (Å²) in [6.07, 6.45) is 0. The SMILES string of the molecule is Cc1ccc(CNc2ccc(SC(F)(F)F)cc2)cc1Br. The van der Waals surface area contributed by atoms with Crippen LogP contribution in [0.3, 0.4) is 0 Å². The summed E-state index contributed by atoms with van der Waals surface area (Å²) in [5, 5.41) is 3.19. The van der Waals surface area contributed by atoms with Crippen LogP contribution in [0.15, 0.2) is 51.8 Å². The minimum atomic E-state index is -4.25. The molecule has 1 N–H and O–H groups in total. The van der Waals surface area contributed by atoms with Gasteiger partial charge in [-0.25, -0.2) is 0 Å². The van der Waals surface area contributed by atoms with Crippen LogP contribution in [0.5, 0.6) is 0 Å². The molecule has 0 heterocycles. The first-order valence-corrected chi connectivity index (χ1v) is 7.79. The molecule has 0 saturated heterocycles. The number of hydrogen-bond donors (Lipinski definition) is 1. The molecule has 2 aromatic carbocycles. The molecule has 112 valence electrons. The van der Waals surface area contributed by atoms with Gasteiger partial charge in [-0.2, -0.15) is 13.2 Å². The molecule has 0 aliphatic heterocycles. The first kappa shape index (κ1) is 16.2. The molecule has 21 heavy (non-hydrogen) atoms. The van der Waals surface area contributed by atoms with Crippen LogP contribution < -0.4 is 5.32 Å². The smallest absolute Gasteiger partial charge is 0.381 e. The Balaban J connectivity index is 1.96. The normalized spacial score (nSPS) is 11.5. The van der Waals surface area contributed by atoms with E-state index in [1.165, 1.54) is 12.1 Å². The highest BCUT2D eigenvalue weighted by atomic mass is 79.9. The molecule has 0 aliphatic carbocycles. The van der Waals surface area contributed by atoms with Crippen molar-refractivity contribution in [3.63, 3.8) is 0 Å². The maximum atomic E-state index is 12.2. The van der Waals surface area contributed by atoms with Crippen LogP contribution in [-0.2, 0) is 6.54 Å². The van der Waals surface area contributed by atoms with Crippen molar-refractivity contribution in [1.29, 1.82) is 0 Å². The van der Waals surface area contributed by atoms with Crippen molar-refractivity contribution in [2.24, 2.45) is 0 Å². The van der Waals surface area contributed by atoms with Gasteiger partial charge in [0.05, 0.1) is 0 Å². The minimum absolute atomic E-state index is 0.107. The molecule has 0 bridgehead atoms. The highest BCUT2D eigenvalue weighted by Gasteiger charge is 2.28. The van der Waals surface area contributed by atoms with E-state index in [9.17, 15) is 13.2 Å². The summed E-state index contributed by atoms with van der Waals surface area (Å²) in [6, 6.07) is 12.3. The summed E-state index contributed by atoms with van der Waals surface area (Å²) in [5.74, 6) is 0. The summed E-state index contributed by atoms with van der Waals surface area (Å²) in [6.45, 7) is 2.63. The van der Waals surface area contributed by atoms with E-state index in [0.29, 0.717) is 6.54 Å². The summed E-state index contributed by atoms with van der Waals surface area (Å²) in [5.41, 5.74) is -1.20. The fraction of sp³-hybridized carbons (Fsp3) is 0.200. The molecular formula is C15H13BrF3NS. The molecule has 6 heteroatoms. The molecule has 2 aromatic rings. The van der Waals surface area contributed by atoms with E-state index in [1.807, 2.05) is 25.1 Å². The van der Waals surface area contributed by atoms with Crippen molar-refractivity contribution >= 4 is 33.4 Å². The Hall–Kier alpha value is -1.14. The van der Waals surface area contributed by atoms with E-state index in [4.69, 9.17) is 0 Å². The monoisotopic (exact) mass is 375 g/mol. The quantitative estimate of drug-likeness (QED) is 0.659. The third-order valence-corrected chi connectivity index (χ3v) is 4.41. The summed E-state index contributed by atoms with van der Waals surface area (Å²) in [7, 11) is 0. The Labute approximate surface area is 134 Å². The lowest BCUT2D eigenvalue weighted by Gasteiger charge is -2.09. The van der Waals surface area contributed by atoms with Crippen molar-refractivity contribution in [3.8, 4) is 0 Å². The molecule has 0 amide bonds. The zero-order valence-electron chi connectivity index (χ0n) is 11.2. The van der Waals surface area contributed by atoms with Crippen molar-refractivity contribution in [2.45, 2.75) is 23.9 Å². The van der Waals surface area contributed by atoms with E-state index in [0.717, 1.165) is 21.3 Å². The Morgan fingerprint density at radius 3 is 2.33 bits per heavy atom. The van der Waals surface area contributed by atoms with Gasteiger partial charge < -0.3 is 5.32 Å². The largest absolute Gasteiger partial charge is 0.446 e. The summed E-state index contributed by atoms with van der Waals surface area (Å²) >= 11 is 3.37. The lowest BCUT2D eigenvalue weighted by molar-refractivity contribution is -0.0328. The van der Waals surface area contributed by atoms with Crippen LogP contribution in [0.1, 0.15) is 11.1 Å². The number of nitrogens with one attached hydrogen (secondary N) is 1. The maximum Gasteiger partial charge on any atom is 0.446 e. The van der Waals surface area contributed by atoms with Gasteiger partial charge in [-0.1, -0.05) is 28.1 Å². The summed E-state index contributed by atoms with van der Waals surface area (Å²) < 4.78 is 37.7. The third kappa shape index (κ3) is 5.28. The van der Waals surface area contributed by atoms with E-state index in [2.05, 4.69) is 21.2 Å². The average Bonchev–Trinajstić information content (AvgIpc) is 2.40. The van der Waals surface area contributed by atoms with Gasteiger partial charge in [0, 0.05) is 21.6 Å². The number of alkyl halides is 3. The first-order chi connectivity index (χ1) is 9.83. The number of hydrogen-bond acceptors (Lipinski definition) is 2. The second-order valence-corrected chi connectivity index (χ2v) is 6.50. The van der Waals surface area contributed by atoms with Gasteiger partial charge in [0.1, 0.15) is 0 Å². The molecular weight excluding hydrogens is 363 g/mol. The summed E-state index contributed by atoms with van der Waals surface area (Å²) in [4.78, 5) is 0.186. The fourth-order valence-corrected chi connectivity index (χ4v) is 2.69. The van der Waals surface area contributed by atoms with Crippen molar-refractivity contribution in [1.82, 2.24) is 0 Å². The predicted octanol–water partition coefficient (Wildman–Crippen LogP) is 5.98. The molecule has 0 saturated carbocycles. The highest BCUT2D eigenvalue weighted by Crippen LogP contribution is 2.37. The van der Waals surface area contributed by atoms with E-state index < -0.39 is 5.51 Å². The lowest BCUT2D eigenvalue weighted by Crippen LogP contribution is -2.01. The Bertz CT molecular complexity index is 611. The highest BCUT2D eigenvalue weighted by molar-refractivity contribution is 9.10. The molecule has 0 radical (unpaired) electrons. The topological polar surface area (TPSA) is 12.0 Å². The van der Waals surface area contributed by atoms with E-state index >= 15 is 0 Å². The van der Waals surface area contributed by atoms with Gasteiger partial charge in [-0.15, -0.1) is 0 Å². The fourth-order valence-electron chi connectivity index (χ4n) is 1.72. The second kappa shape index (κ2) is 6.75. The van der Waals surface area contributed by atoms with Gasteiger partial charge in [0.2, 0.25) is 0 Å². The molecule has 0 spiro atoms. The van der Waals surface area contributed by atoms with Crippen LogP contribution >= 0.6 is 27.7 Å². The van der Waals surface area contributed by atoms with Gasteiger partial charge >= 0.3 is 5.51 Å². The zero-order chi connectivity index (χ0) is 15.5.